The Bertz CT molecular complexity index is 301. The van der Waals surface area contributed by atoms with E-state index in [1.165, 1.54) is 6.07 Å². The summed E-state index contributed by atoms with van der Waals surface area (Å²) < 4.78 is 18.8. The molecule has 0 aliphatic carbocycles. The maximum atomic E-state index is 13.2. The molecule has 0 spiro atoms. The molecule has 1 unspecified atom stereocenters. The molecule has 0 aliphatic heterocycles. The molecule has 3 heteroatoms. The van der Waals surface area contributed by atoms with Crippen molar-refractivity contribution in [1.29, 1.82) is 0 Å². The van der Waals surface area contributed by atoms with Gasteiger partial charge >= 0.3 is 0 Å². The fourth-order valence-corrected chi connectivity index (χ4v) is 1.34. The molecule has 0 bridgehead atoms. The van der Waals surface area contributed by atoms with Crippen molar-refractivity contribution in [3.05, 3.63) is 35.6 Å². The third-order valence-electron chi connectivity index (χ3n) is 2.39. The van der Waals surface area contributed by atoms with Crippen molar-refractivity contribution in [3.63, 3.8) is 0 Å². The lowest BCUT2D eigenvalue weighted by atomic mass is 10.1. The minimum atomic E-state index is -0.225. The lowest BCUT2D eigenvalue weighted by Gasteiger charge is -2.19. The third-order valence-corrected chi connectivity index (χ3v) is 2.39. The minimum Gasteiger partial charge on any atom is -0.372 e. The predicted octanol–water partition coefficient (Wildman–Crippen LogP) is 2.33. The highest BCUT2D eigenvalue weighted by Gasteiger charge is 2.12. The molecule has 2 N–H and O–H groups in total. The Balaban J connectivity index is 2.53. The van der Waals surface area contributed by atoms with Crippen LogP contribution in [0.5, 0.6) is 0 Å². The van der Waals surface area contributed by atoms with Gasteiger partial charge in [-0.25, -0.2) is 4.39 Å². The molecule has 2 nitrogen and oxygen atoms in total. The van der Waals surface area contributed by atoms with Crippen LogP contribution >= 0.6 is 0 Å². The van der Waals surface area contributed by atoms with Crippen molar-refractivity contribution in [2.75, 3.05) is 6.54 Å². The van der Waals surface area contributed by atoms with Crippen LogP contribution in [0.3, 0.4) is 0 Å². The molecule has 0 saturated heterocycles. The van der Waals surface area contributed by atoms with Gasteiger partial charge in [-0.2, -0.15) is 0 Å². The Kier molecular flexibility index (Phi) is 4.72. The zero-order valence-corrected chi connectivity index (χ0v) is 9.24. The van der Waals surface area contributed by atoms with Gasteiger partial charge in [-0.3, -0.25) is 0 Å². The van der Waals surface area contributed by atoms with E-state index in [1.807, 2.05) is 13.8 Å². The molecule has 15 heavy (non-hydrogen) atoms. The van der Waals surface area contributed by atoms with E-state index in [2.05, 4.69) is 0 Å². The van der Waals surface area contributed by atoms with Gasteiger partial charge in [0.15, 0.2) is 0 Å². The van der Waals surface area contributed by atoms with Crippen LogP contribution < -0.4 is 5.73 Å². The molecule has 0 aliphatic rings. The van der Waals surface area contributed by atoms with Crippen LogP contribution in [0.1, 0.15) is 19.4 Å². The van der Waals surface area contributed by atoms with Gasteiger partial charge in [-0.05, 0) is 12.0 Å². The van der Waals surface area contributed by atoms with Crippen LogP contribution in [0.4, 0.5) is 4.39 Å². The number of ether oxygens (including phenoxy) is 1. The highest BCUT2D eigenvalue weighted by molar-refractivity contribution is 5.16. The molecule has 0 fully saturated rings. The Hall–Kier alpha value is -0.930. The van der Waals surface area contributed by atoms with Crippen molar-refractivity contribution >= 4 is 0 Å². The second kappa shape index (κ2) is 5.83. The summed E-state index contributed by atoms with van der Waals surface area (Å²) in [6, 6.07) is 6.63. The number of rotatable bonds is 5. The number of benzene rings is 1. The quantitative estimate of drug-likeness (QED) is 0.811. The molecule has 1 atom stereocenters. The summed E-state index contributed by atoms with van der Waals surface area (Å²) in [5.74, 6) is 0.124. The van der Waals surface area contributed by atoms with Gasteiger partial charge in [-0.1, -0.05) is 32.0 Å². The first-order valence-corrected chi connectivity index (χ1v) is 5.20. The van der Waals surface area contributed by atoms with E-state index in [0.717, 1.165) is 0 Å². The third kappa shape index (κ3) is 3.61. The molecule has 0 aromatic heterocycles. The molecule has 0 radical (unpaired) electrons. The number of hydrogen-bond acceptors (Lipinski definition) is 2. The molecule has 0 amide bonds. The first-order chi connectivity index (χ1) is 7.15. The minimum absolute atomic E-state index is 0.00962. The monoisotopic (exact) mass is 211 g/mol. The second-order valence-electron chi connectivity index (χ2n) is 3.92. The fourth-order valence-electron chi connectivity index (χ4n) is 1.34. The Morgan fingerprint density at radius 2 is 2.00 bits per heavy atom. The van der Waals surface area contributed by atoms with Gasteiger partial charge in [0.1, 0.15) is 5.82 Å². The zero-order chi connectivity index (χ0) is 11.3. The highest BCUT2D eigenvalue weighted by atomic mass is 19.1. The molecule has 1 aromatic carbocycles. The van der Waals surface area contributed by atoms with Crippen LogP contribution in [0, 0.1) is 11.7 Å². The number of nitrogens with two attached hydrogens (primary N) is 1. The van der Waals surface area contributed by atoms with Gasteiger partial charge in [-0.15, -0.1) is 0 Å². The van der Waals surface area contributed by atoms with Crippen molar-refractivity contribution in [2.24, 2.45) is 11.7 Å². The van der Waals surface area contributed by atoms with E-state index < -0.39 is 0 Å². The van der Waals surface area contributed by atoms with Gasteiger partial charge in [0.25, 0.3) is 0 Å². The summed E-state index contributed by atoms with van der Waals surface area (Å²) in [7, 11) is 0. The van der Waals surface area contributed by atoms with Crippen molar-refractivity contribution < 1.29 is 9.13 Å². The van der Waals surface area contributed by atoms with Gasteiger partial charge in [0, 0.05) is 12.1 Å². The van der Waals surface area contributed by atoms with E-state index >= 15 is 0 Å². The second-order valence-corrected chi connectivity index (χ2v) is 3.92. The topological polar surface area (TPSA) is 35.2 Å². The summed E-state index contributed by atoms with van der Waals surface area (Å²) in [5.41, 5.74) is 6.14. The van der Waals surface area contributed by atoms with E-state index in [0.29, 0.717) is 18.0 Å². The van der Waals surface area contributed by atoms with Gasteiger partial charge < -0.3 is 10.5 Å². The van der Waals surface area contributed by atoms with Crippen molar-refractivity contribution in [1.82, 2.24) is 0 Å². The fraction of sp³-hybridized carbons (Fsp3) is 0.500. The maximum absolute atomic E-state index is 13.2. The lowest BCUT2D eigenvalue weighted by Crippen LogP contribution is -2.28. The number of halogens is 1. The first kappa shape index (κ1) is 12.1. The summed E-state index contributed by atoms with van der Waals surface area (Å²) in [6.07, 6.45) is -0.00962. The lowest BCUT2D eigenvalue weighted by molar-refractivity contribution is 0.0155. The van der Waals surface area contributed by atoms with Crippen LogP contribution in [-0.2, 0) is 11.3 Å². The Morgan fingerprint density at radius 3 is 2.53 bits per heavy atom. The maximum Gasteiger partial charge on any atom is 0.128 e. The Labute approximate surface area is 90.2 Å². The molecule has 1 aromatic rings. The largest absolute Gasteiger partial charge is 0.372 e. The summed E-state index contributed by atoms with van der Waals surface area (Å²) in [4.78, 5) is 0. The Morgan fingerprint density at radius 1 is 1.33 bits per heavy atom. The van der Waals surface area contributed by atoms with Crippen LogP contribution in [0.25, 0.3) is 0 Å². The SMILES string of the molecule is CC(C)C(CN)OCc1ccccc1F. The normalized spacial score (nSPS) is 13.1. The zero-order valence-electron chi connectivity index (χ0n) is 9.24. The predicted molar refractivity (Wildman–Crippen MR) is 58.9 cm³/mol. The average Bonchev–Trinajstić information content (AvgIpc) is 2.21. The van der Waals surface area contributed by atoms with E-state index in [1.54, 1.807) is 18.2 Å². The van der Waals surface area contributed by atoms with Crippen LogP contribution in [0.15, 0.2) is 24.3 Å². The highest BCUT2D eigenvalue weighted by Crippen LogP contribution is 2.12. The number of hydrogen-bond donors (Lipinski definition) is 1. The van der Waals surface area contributed by atoms with Gasteiger partial charge in [0.2, 0.25) is 0 Å². The average molecular weight is 211 g/mol. The van der Waals surface area contributed by atoms with Crippen LogP contribution in [0.2, 0.25) is 0 Å². The van der Waals surface area contributed by atoms with E-state index in [9.17, 15) is 4.39 Å². The van der Waals surface area contributed by atoms with Crippen molar-refractivity contribution in [3.8, 4) is 0 Å². The molecule has 1 rings (SSSR count). The molecular formula is C12H18FNO. The standard InChI is InChI=1S/C12H18FNO/c1-9(2)12(7-14)15-8-10-5-3-4-6-11(10)13/h3-6,9,12H,7-8,14H2,1-2H3. The smallest absolute Gasteiger partial charge is 0.128 e. The summed E-state index contributed by atoms with van der Waals surface area (Å²) in [6.45, 7) is 4.83. The van der Waals surface area contributed by atoms with Crippen LogP contribution in [-0.4, -0.2) is 12.6 Å². The summed E-state index contributed by atoms with van der Waals surface area (Å²) in [5, 5.41) is 0. The summed E-state index contributed by atoms with van der Waals surface area (Å²) >= 11 is 0. The van der Waals surface area contributed by atoms with E-state index in [-0.39, 0.29) is 18.5 Å². The molecule has 0 heterocycles. The van der Waals surface area contributed by atoms with Crippen molar-refractivity contribution in [2.45, 2.75) is 26.6 Å². The molecule has 84 valence electrons. The molecule has 0 saturated carbocycles. The van der Waals surface area contributed by atoms with Gasteiger partial charge in [0.05, 0.1) is 12.7 Å². The molecular weight excluding hydrogens is 193 g/mol. The van der Waals surface area contributed by atoms with E-state index in [4.69, 9.17) is 10.5 Å². The first-order valence-electron chi connectivity index (χ1n) is 5.20.